The first-order chi connectivity index (χ1) is 12.1. The van der Waals surface area contributed by atoms with Gasteiger partial charge >= 0.3 is 5.69 Å². The van der Waals surface area contributed by atoms with E-state index in [1.165, 1.54) is 4.57 Å². The Hall–Kier alpha value is -3.29. The maximum absolute atomic E-state index is 12.1. The average molecular weight is 340 g/mol. The van der Waals surface area contributed by atoms with E-state index in [2.05, 4.69) is 15.3 Å². The van der Waals surface area contributed by atoms with Crippen molar-refractivity contribution in [3.63, 3.8) is 0 Å². The summed E-state index contributed by atoms with van der Waals surface area (Å²) < 4.78 is 3.31. The van der Waals surface area contributed by atoms with E-state index in [1.54, 1.807) is 12.5 Å². The molecule has 0 atom stereocenters. The summed E-state index contributed by atoms with van der Waals surface area (Å²) in [6.45, 7) is 1.62. The minimum Gasteiger partial charge on any atom is -0.383 e. The standard InChI is InChI=1S/C17H20N6O2/c18-15-14(20-7-4-9-22-10-8-19-12-22)16(24)21-17(25)23(15)11-13-5-2-1-3-6-13/h1-3,5-6,8,10,12,20H,4,7,9,11,18H2,(H,21,24,25). The Morgan fingerprint density at radius 1 is 1.20 bits per heavy atom. The number of nitrogen functional groups attached to an aromatic ring is 1. The van der Waals surface area contributed by atoms with Gasteiger partial charge in [0, 0.05) is 25.5 Å². The van der Waals surface area contributed by atoms with Gasteiger partial charge in [0.1, 0.15) is 11.5 Å². The molecule has 0 saturated heterocycles. The molecular weight excluding hydrogens is 320 g/mol. The van der Waals surface area contributed by atoms with Gasteiger partial charge in [0.25, 0.3) is 5.56 Å². The Morgan fingerprint density at radius 2 is 2.00 bits per heavy atom. The first kappa shape index (κ1) is 16.6. The lowest BCUT2D eigenvalue weighted by Crippen LogP contribution is -2.34. The van der Waals surface area contributed by atoms with Gasteiger partial charge in [-0.1, -0.05) is 30.3 Å². The van der Waals surface area contributed by atoms with Crippen molar-refractivity contribution in [1.29, 1.82) is 0 Å². The van der Waals surface area contributed by atoms with Crippen molar-refractivity contribution in [2.75, 3.05) is 17.6 Å². The monoisotopic (exact) mass is 340 g/mol. The minimum atomic E-state index is -0.518. The molecule has 0 aliphatic heterocycles. The smallest absolute Gasteiger partial charge is 0.330 e. The summed E-state index contributed by atoms with van der Waals surface area (Å²) in [6, 6.07) is 9.47. The van der Waals surface area contributed by atoms with Crippen LogP contribution in [0.5, 0.6) is 0 Å². The molecule has 0 aliphatic carbocycles. The van der Waals surface area contributed by atoms with E-state index in [9.17, 15) is 9.59 Å². The third kappa shape index (κ3) is 3.97. The molecule has 0 aliphatic rings. The SMILES string of the molecule is Nc1c(NCCCn2ccnc2)c(=O)[nH]c(=O)n1Cc1ccccc1. The molecule has 0 unspecified atom stereocenters. The van der Waals surface area contributed by atoms with Crippen molar-refractivity contribution in [3.05, 3.63) is 75.5 Å². The lowest BCUT2D eigenvalue weighted by Gasteiger charge is -2.14. The molecule has 0 spiro atoms. The van der Waals surface area contributed by atoms with Crippen LogP contribution in [0.3, 0.4) is 0 Å². The fraction of sp³-hybridized carbons (Fsp3) is 0.235. The van der Waals surface area contributed by atoms with Crippen LogP contribution < -0.4 is 22.3 Å². The van der Waals surface area contributed by atoms with Gasteiger partial charge in [-0.05, 0) is 12.0 Å². The molecule has 0 saturated carbocycles. The largest absolute Gasteiger partial charge is 0.383 e. The highest BCUT2D eigenvalue weighted by Gasteiger charge is 2.12. The Morgan fingerprint density at radius 3 is 2.72 bits per heavy atom. The van der Waals surface area contributed by atoms with Gasteiger partial charge in [0.05, 0.1) is 12.9 Å². The minimum absolute atomic E-state index is 0.139. The first-order valence-electron chi connectivity index (χ1n) is 8.01. The highest BCUT2D eigenvalue weighted by atomic mass is 16.2. The lowest BCUT2D eigenvalue weighted by atomic mass is 10.2. The summed E-state index contributed by atoms with van der Waals surface area (Å²) in [7, 11) is 0. The van der Waals surface area contributed by atoms with Crippen LogP contribution in [0.2, 0.25) is 0 Å². The summed E-state index contributed by atoms with van der Waals surface area (Å²) in [5.41, 5.74) is 6.20. The summed E-state index contributed by atoms with van der Waals surface area (Å²) in [6.07, 6.45) is 6.12. The lowest BCUT2D eigenvalue weighted by molar-refractivity contribution is 0.659. The predicted molar refractivity (Wildman–Crippen MR) is 96.6 cm³/mol. The number of nitrogens with zero attached hydrogens (tertiary/aromatic N) is 3. The maximum atomic E-state index is 12.1. The van der Waals surface area contributed by atoms with Gasteiger partial charge in [0.15, 0.2) is 0 Å². The van der Waals surface area contributed by atoms with Crippen molar-refractivity contribution < 1.29 is 0 Å². The molecule has 8 heteroatoms. The zero-order chi connectivity index (χ0) is 17.6. The van der Waals surface area contributed by atoms with Crippen LogP contribution in [0.1, 0.15) is 12.0 Å². The highest BCUT2D eigenvalue weighted by molar-refractivity contribution is 5.60. The number of benzene rings is 1. The molecule has 2 heterocycles. The van der Waals surface area contributed by atoms with Crippen LogP contribution in [0.15, 0.2) is 58.6 Å². The van der Waals surface area contributed by atoms with Crippen molar-refractivity contribution in [2.24, 2.45) is 0 Å². The zero-order valence-corrected chi connectivity index (χ0v) is 13.7. The van der Waals surface area contributed by atoms with Crippen LogP contribution in [-0.2, 0) is 13.1 Å². The molecule has 130 valence electrons. The summed E-state index contributed by atoms with van der Waals surface area (Å²) in [4.78, 5) is 30.4. The number of rotatable bonds is 7. The summed E-state index contributed by atoms with van der Waals surface area (Å²) in [5.74, 6) is 0.139. The number of hydrogen-bond acceptors (Lipinski definition) is 5. The topological polar surface area (TPSA) is 111 Å². The summed E-state index contributed by atoms with van der Waals surface area (Å²) >= 11 is 0. The number of hydrogen-bond donors (Lipinski definition) is 3. The third-order valence-electron chi connectivity index (χ3n) is 3.88. The van der Waals surface area contributed by atoms with Gasteiger partial charge in [0.2, 0.25) is 0 Å². The number of anilines is 2. The molecule has 25 heavy (non-hydrogen) atoms. The van der Waals surface area contributed by atoms with Gasteiger partial charge in [-0.25, -0.2) is 9.78 Å². The van der Waals surface area contributed by atoms with E-state index in [0.717, 1.165) is 18.5 Å². The quantitative estimate of drug-likeness (QED) is 0.553. The van der Waals surface area contributed by atoms with E-state index < -0.39 is 11.2 Å². The maximum Gasteiger partial charge on any atom is 0.330 e. The molecule has 3 rings (SSSR count). The van der Waals surface area contributed by atoms with Crippen molar-refractivity contribution in [1.82, 2.24) is 19.1 Å². The van der Waals surface area contributed by atoms with Gasteiger partial charge in [-0.3, -0.25) is 14.3 Å². The first-order valence-corrected chi connectivity index (χ1v) is 8.01. The molecule has 2 aromatic heterocycles. The number of nitrogens with one attached hydrogen (secondary N) is 2. The van der Waals surface area contributed by atoms with E-state index in [0.29, 0.717) is 13.1 Å². The van der Waals surface area contributed by atoms with Crippen molar-refractivity contribution in [2.45, 2.75) is 19.5 Å². The fourth-order valence-electron chi connectivity index (χ4n) is 2.58. The Balaban J connectivity index is 1.73. The molecule has 0 fully saturated rings. The summed E-state index contributed by atoms with van der Waals surface area (Å²) in [5, 5.41) is 3.03. The number of aromatic amines is 1. The predicted octanol–water partition coefficient (Wildman–Crippen LogP) is 0.866. The van der Waals surface area contributed by atoms with Crippen LogP contribution >= 0.6 is 0 Å². The fourth-order valence-corrected chi connectivity index (χ4v) is 2.58. The second-order valence-corrected chi connectivity index (χ2v) is 5.67. The molecule has 4 N–H and O–H groups in total. The molecule has 3 aromatic rings. The Labute approximate surface area is 144 Å². The second-order valence-electron chi connectivity index (χ2n) is 5.67. The average Bonchev–Trinajstić information content (AvgIpc) is 3.12. The van der Waals surface area contributed by atoms with Gasteiger partial charge in [-0.15, -0.1) is 0 Å². The van der Waals surface area contributed by atoms with Gasteiger partial charge in [-0.2, -0.15) is 0 Å². The molecule has 8 nitrogen and oxygen atoms in total. The van der Waals surface area contributed by atoms with E-state index in [1.807, 2.05) is 41.1 Å². The van der Waals surface area contributed by atoms with E-state index >= 15 is 0 Å². The molecule has 0 amide bonds. The number of aryl methyl sites for hydroxylation is 1. The van der Waals surface area contributed by atoms with Crippen molar-refractivity contribution in [3.8, 4) is 0 Å². The van der Waals surface area contributed by atoms with Crippen LogP contribution in [0.25, 0.3) is 0 Å². The van der Waals surface area contributed by atoms with E-state index in [4.69, 9.17) is 5.73 Å². The number of imidazole rings is 1. The van der Waals surface area contributed by atoms with Crippen LogP contribution in [0, 0.1) is 0 Å². The Kier molecular flexibility index (Phi) is 4.98. The number of aromatic nitrogens is 4. The zero-order valence-electron chi connectivity index (χ0n) is 13.7. The second kappa shape index (κ2) is 7.52. The van der Waals surface area contributed by atoms with Crippen LogP contribution in [0.4, 0.5) is 11.5 Å². The molecule has 0 radical (unpaired) electrons. The van der Waals surface area contributed by atoms with Crippen LogP contribution in [-0.4, -0.2) is 25.6 Å². The number of nitrogens with two attached hydrogens (primary N) is 1. The van der Waals surface area contributed by atoms with Crippen molar-refractivity contribution >= 4 is 11.5 Å². The normalized spacial score (nSPS) is 10.7. The molecule has 1 aromatic carbocycles. The highest BCUT2D eigenvalue weighted by Crippen LogP contribution is 2.12. The van der Waals surface area contributed by atoms with E-state index in [-0.39, 0.29) is 11.5 Å². The Bertz CT molecular complexity index is 928. The molecular formula is C17H20N6O2. The number of H-pyrrole nitrogens is 1. The third-order valence-corrected chi connectivity index (χ3v) is 3.88. The van der Waals surface area contributed by atoms with Gasteiger partial charge < -0.3 is 15.6 Å². The molecule has 0 bridgehead atoms.